The average Bonchev–Trinajstić information content (AvgIpc) is 2.98. The van der Waals surface area contributed by atoms with Gasteiger partial charge in [0.25, 0.3) is 5.91 Å². The maximum atomic E-state index is 13.6. The highest BCUT2D eigenvalue weighted by atomic mass is 19.1. The van der Waals surface area contributed by atoms with E-state index < -0.39 is 35.2 Å². The Balaban J connectivity index is 1.57. The molecule has 9 heteroatoms. The highest BCUT2D eigenvalue weighted by Crippen LogP contribution is 2.18. The Morgan fingerprint density at radius 2 is 1.85 bits per heavy atom. The summed E-state index contributed by atoms with van der Waals surface area (Å²) in [5, 5.41) is 8.50. The Hall–Kier alpha value is -3.62. The number of carbonyl (C=O) groups is 2. The van der Waals surface area contributed by atoms with Crippen LogP contribution in [-0.4, -0.2) is 30.0 Å². The molecule has 0 saturated heterocycles. The molecule has 2 aromatic rings. The Morgan fingerprint density at radius 1 is 1.15 bits per heavy atom. The van der Waals surface area contributed by atoms with Gasteiger partial charge >= 0.3 is 0 Å². The molecule has 1 aliphatic heterocycles. The largest absolute Gasteiger partial charge is 0.321 e. The maximum Gasteiger partial charge on any atom is 0.252 e. The summed E-state index contributed by atoms with van der Waals surface area (Å²) in [5.41, 5.74) is 2.85. The van der Waals surface area contributed by atoms with Crippen molar-refractivity contribution in [2.45, 2.75) is 12.5 Å². The molecule has 0 bridgehead atoms. The predicted molar refractivity (Wildman–Crippen MR) is 96.1 cm³/mol. The Bertz CT molecular complexity index is 895. The van der Waals surface area contributed by atoms with E-state index in [1.807, 2.05) is 30.3 Å². The molecule has 0 radical (unpaired) electrons. The maximum absolute atomic E-state index is 13.6. The highest BCUT2D eigenvalue weighted by Gasteiger charge is 2.29. The number of hydrogen-bond acceptors (Lipinski definition) is 5. The van der Waals surface area contributed by atoms with Crippen LogP contribution in [0.1, 0.15) is 12.0 Å². The zero-order valence-electron chi connectivity index (χ0n) is 13.9. The molecule has 7 nitrogen and oxygen atoms in total. The minimum atomic E-state index is -1.02. The summed E-state index contributed by atoms with van der Waals surface area (Å²) in [6, 6.07) is 11.5. The van der Waals surface area contributed by atoms with Crippen molar-refractivity contribution in [1.82, 2.24) is 10.7 Å². The SMILES string of the molecule is O=C(CC1N=C(NN=Cc2ccccc2)NC1=O)Nc1c(F)cccc1F. The predicted octanol–water partition coefficient (Wildman–Crippen LogP) is 1.77. The third-order valence-electron chi connectivity index (χ3n) is 3.62. The standard InChI is InChI=1S/C18H15F2N5O2/c19-12-7-4-8-13(20)16(12)23-15(26)9-14-17(27)24-18(22-14)25-21-10-11-5-2-1-3-6-11/h1-8,10,14H,9H2,(H,23,26)(H2,22,24,25,27). The molecule has 0 spiro atoms. The lowest BCUT2D eigenvalue weighted by Gasteiger charge is -2.08. The fourth-order valence-corrected chi connectivity index (χ4v) is 2.33. The molecular formula is C18H15F2N5O2. The van der Waals surface area contributed by atoms with E-state index in [4.69, 9.17) is 0 Å². The molecule has 1 aliphatic rings. The lowest BCUT2D eigenvalue weighted by molar-refractivity contribution is -0.123. The first-order chi connectivity index (χ1) is 13.0. The molecule has 3 N–H and O–H groups in total. The quantitative estimate of drug-likeness (QED) is 0.552. The van der Waals surface area contributed by atoms with Gasteiger partial charge < -0.3 is 5.32 Å². The first kappa shape index (κ1) is 18.2. The fraction of sp³-hybridized carbons (Fsp3) is 0.111. The molecule has 27 heavy (non-hydrogen) atoms. The number of rotatable bonds is 5. The summed E-state index contributed by atoms with van der Waals surface area (Å²) >= 11 is 0. The topological polar surface area (TPSA) is 94.9 Å². The van der Waals surface area contributed by atoms with Crippen molar-refractivity contribution in [3.05, 3.63) is 65.7 Å². The number of nitrogens with zero attached hydrogens (tertiary/aromatic N) is 2. The zero-order chi connectivity index (χ0) is 19.2. The van der Waals surface area contributed by atoms with E-state index in [0.29, 0.717) is 0 Å². The van der Waals surface area contributed by atoms with Crippen LogP contribution in [0.2, 0.25) is 0 Å². The van der Waals surface area contributed by atoms with Crippen LogP contribution < -0.4 is 16.1 Å². The van der Waals surface area contributed by atoms with Gasteiger partial charge in [-0.15, -0.1) is 0 Å². The van der Waals surface area contributed by atoms with Crippen LogP contribution in [0, 0.1) is 11.6 Å². The number of amides is 2. The minimum absolute atomic E-state index is 0.0852. The summed E-state index contributed by atoms with van der Waals surface area (Å²) in [6.45, 7) is 0. The lowest BCUT2D eigenvalue weighted by Crippen LogP contribution is -2.35. The molecule has 1 atom stereocenters. The number of aliphatic imine (C=N–C) groups is 1. The summed E-state index contributed by atoms with van der Waals surface area (Å²) in [4.78, 5) is 27.9. The monoisotopic (exact) mass is 371 g/mol. The second-order valence-electron chi connectivity index (χ2n) is 5.61. The van der Waals surface area contributed by atoms with Gasteiger partial charge in [-0.05, 0) is 17.7 Å². The lowest BCUT2D eigenvalue weighted by atomic mass is 10.2. The normalized spacial score (nSPS) is 16.1. The number of nitrogens with one attached hydrogen (secondary N) is 3. The molecule has 138 valence electrons. The second kappa shape index (κ2) is 8.17. The van der Waals surface area contributed by atoms with Crippen molar-refractivity contribution in [3.8, 4) is 0 Å². The number of para-hydroxylation sites is 1. The molecule has 3 rings (SSSR count). The molecule has 1 heterocycles. The van der Waals surface area contributed by atoms with Crippen molar-refractivity contribution >= 4 is 29.7 Å². The molecule has 0 saturated carbocycles. The molecular weight excluding hydrogens is 356 g/mol. The number of carbonyl (C=O) groups excluding carboxylic acids is 2. The van der Waals surface area contributed by atoms with E-state index in [1.54, 1.807) is 0 Å². The van der Waals surface area contributed by atoms with Gasteiger partial charge in [0.05, 0.1) is 12.6 Å². The van der Waals surface area contributed by atoms with Gasteiger partial charge in [0.2, 0.25) is 11.9 Å². The molecule has 0 aliphatic carbocycles. The summed E-state index contributed by atoms with van der Waals surface area (Å²) in [7, 11) is 0. The van der Waals surface area contributed by atoms with Crippen LogP contribution in [0.5, 0.6) is 0 Å². The first-order valence-electron chi connectivity index (χ1n) is 7.99. The summed E-state index contributed by atoms with van der Waals surface area (Å²) < 4.78 is 27.1. The van der Waals surface area contributed by atoms with Gasteiger partial charge in [-0.25, -0.2) is 19.2 Å². The van der Waals surface area contributed by atoms with E-state index in [0.717, 1.165) is 17.7 Å². The Kier molecular flexibility index (Phi) is 5.50. The van der Waals surface area contributed by atoms with Crippen LogP contribution in [0.3, 0.4) is 0 Å². The molecule has 1 unspecified atom stereocenters. The van der Waals surface area contributed by atoms with Crippen LogP contribution in [0.25, 0.3) is 0 Å². The highest BCUT2D eigenvalue weighted by molar-refractivity contribution is 6.07. The van der Waals surface area contributed by atoms with Crippen molar-refractivity contribution in [3.63, 3.8) is 0 Å². The number of anilines is 1. The minimum Gasteiger partial charge on any atom is -0.321 e. The average molecular weight is 371 g/mol. The summed E-state index contributed by atoms with van der Waals surface area (Å²) in [6.07, 6.45) is 1.17. The van der Waals surface area contributed by atoms with E-state index >= 15 is 0 Å². The first-order valence-corrected chi connectivity index (χ1v) is 7.99. The third kappa shape index (κ3) is 4.72. The van der Waals surface area contributed by atoms with Crippen molar-refractivity contribution in [2.75, 3.05) is 5.32 Å². The van der Waals surface area contributed by atoms with Crippen LogP contribution >= 0.6 is 0 Å². The molecule has 2 amide bonds. The van der Waals surface area contributed by atoms with Crippen molar-refractivity contribution < 1.29 is 18.4 Å². The number of hydrogen-bond donors (Lipinski definition) is 3. The number of guanidine groups is 1. The van der Waals surface area contributed by atoms with Crippen molar-refractivity contribution in [2.24, 2.45) is 10.1 Å². The van der Waals surface area contributed by atoms with E-state index in [9.17, 15) is 18.4 Å². The number of hydrazone groups is 1. The third-order valence-corrected chi connectivity index (χ3v) is 3.62. The zero-order valence-corrected chi connectivity index (χ0v) is 13.9. The number of halogens is 2. The van der Waals surface area contributed by atoms with Gasteiger partial charge in [-0.3, -0.25) is 14.9 Å². The number of benzene rings is 2. The van der Waals surface area contributed by atoms with E-state index in [1.165, 1.54) is 12.3 Å². The Morgan fingerprint density at radius 3 is 2.56 bits per heavy atom. The Labute approximate surface area is 153 Å². The van der Waals surface area contributed by atoms with Gasteiger partial charge in [-0.1, -0.05) is 36.4 Å². The van der Waals surface area contributed by atoms with Gasteiger partial charge in [0, 0.05) is 0 Å². The smallest absolute Gasteiger partial charge is 0.252 e. The van der Waals surface area contributed by atoms with Gasteiger partial charge in [0.15, 0.2) is 0 Å². The molecule has 0 fully saturated rings. The second-order valence-corrected chi connectivity index (χ2v) is 5.61. The van der Waals surface area contributed by atoms with Crippen LogP contribution in [0.4, 0.5) is 14.5 Å². The molecule has 2 aromatic carbocycles. The van der Waals surface area contributed by atoms with E-state index in [-0.39, 0.29) is 12.4 Å². The molecule has 0 aromatic heterocycles. The van der Waals surface area contributed by atoms with Crippen LogP contribution in [-0.2, 0) is 9.59 Å². The fourth-order valence-electron chi connectivity index (χ4n) is 2.33. The van der Waals surface area contributed by atoms with E-state index in [2.05, 4.69) is 26.2 Å². The van der Waals surface area contributed by atoms with Gasteiger partial charge in [-0.2, -0.15) is 5.10 Å². The summed E-state index contributed by atoms with van der Waals surface area (Å²) in [5.74, 6) is -2.98. The van der Waals surface area contributed by atoms with Crippen molar-refractivity contribution in [1.29, 1.82) is 0 Å². The van der Waals surface area contributed by atoms with Gasteiger partial charge in [0.1, 0.15) is 23.4 Å². The van der Waals surface area contributed by atoms with Crippen LogP contribution in [0.15, 0.2) is 58.6 Å².